The zero-order valence-electron chi connectivity index (χ0n) is 12.1. The molecule has 21 heavy (non-hydrogen) atoms. The Bertz CT molecular complexity index is 639. The molecule has 0 amide bonds. The molecule has 0 spiro atoms. The van der Waals surface area contributed by atoms with E-state index in [2.05, 4.69) is 29.6 Å². The summed E-state index contributed by atoms with van der Waals surface area (Å²) in [5.41, 5.74) is 2.54. The Balaban J connectivity index is 1.75. The summed E-state index contributed by atoms with van der Waals surface area (Å²) in [5.74, 6) is 0. The first kappa shape index (κ1) is 14.6. The van der Waals surface area contributed by atoms with Gasteiger partial charge in [0.1, 0.15) is 5.72 Å². The first-order chi connectivity index (χ1) is 10.0. The lowest BCUT2D eigenvalue weighted by atomic mass is 9.87. The Morgan fingerprint density at radius 3 is 2.67 bits per heavy atom. The van der Waals surface area contributed by atoms with Gasteiger partial charge in [0.05, 0.1) is 0 Å². The third-order valence-electron chi connectivity index (χ3n) is 4.22. The summed E-state index contributed by atoms with van der Waals surface area (Å²) < 4.78 is 0. The molecule has 0 unspecified atom stereocenters. The Morgan fingerprint density at radius 1 is 1.14 bits per heavy atom. The van der Waals surface area contributed by atoms with Gasteiger partial charge in [-0.1, -0.05) is 48.0 Å². The van der Waals surface area contributed by atoms with Crippen molar-refractivity contribution in [2.24, 2.45) is 0 Å². The molecule has 3 heteroatoms. The van der Waals surface area contributed by atoms with Crippen molar-refractivity contribution in [3.63, 3.8) is 0 Å². The zero-order valence-corrected chi connectivity index (χ0v) is 12.9. The van der Waals surface area contributed by atoms with E-state index < -0.39 is 5.72 Å². The number of nitrogens with one attached hydrogen (secondary N) is 1. The van der Waals surface area contributed by atoms with Gasteiger partial charge in [-0.25, -0.2) is 0 Å². The van der Waals surface area contributed by atoms with Crippen LogP contribution in [0.15, 0.2) is 48.5 Å². The van der Waals surface area contributed by atoms with Crippen LogP contribution in [-0.4, -0.2) is 11.1 Å². The Kier molecular flexibility index (Phi) is 4.03. The van der Waals surface area contributed by atoms with Gasteiger partial charge < -0.3 is 5.11 Å². The number of fused-ring (bicyclic) bond motifs is 1. The molecule has 0 radical (unpaired) electrons. The summed E-state index contributed by atoms with van der Waals surface area (Å²) >= 11 is 6.02. The quantitative estimate of drug-likeness (QED) is 0.848. The highest BCUT2D eigenvalue weighted by molar-refractivity contribution is 6.30. The van der Waals surface area contributed by atoms with Crippen molar-refractivity contribution in [3.05, 3.63) is 70.2 Å². The topological polar surface area (TPSA) is 32.3 Å². The minimum atomic E-state index is -1.07. The van der Waals surface area contributed by atoms with Crippen LogP contribution in [0, 0.1) is 0 Å². The molecule has 2 aromatic rings. The second-order valence-corrected chi connectivity index (χ2v) is 6.37. The molecule has 0 saturated carbocycles. The fourth-order valence-corrected chi connectivity index (χ4v) is 3.28. The van der Waals surface area contributed by atoms with Crippen LogP contribution in [0.1, 0.15) is 30.0 Å². The zero-order chi connectivity index (χ0) is 14.9. The molecule has 0 aliphatic heterocycles. The molecule has 0 bridgehead atoms. The van der Waals surface area contributed by atoms with Crippen LogP contribution in [0.5, 0.6) is 0 Å². The Morgan fingerprint density at radius 2 is 1.90 bits per heavy atom. The fourth-order valence-electron chi connectivity index (χ4n) is 3.09. The van der Waals surface area contributed by atoms with Gasteiger partial charge >= 0.3 is 0 Å². The first-order valence-corrected chi connectivity index (χ1v) is 7.75. The van der Waals surface area contributed by atoms with Crippen LogP contribution in [0.2, 0.25) is 5.02 Å². The molecular formula is C18H20ClNO. The van der Waals surface area contributed by atoms with E-state index in [1.165, 1.54) is 11.1 Å². The smallest absolute Gasteiger partial charge is 0.139 e. The van der Waals surface area contributed by atoms with Crippen molar-refractivity contribution >= 4 is 11.6 Å². The third-order valence-corrected chi connectivity index (χ3v) is 4.45. The highest BCUT2D eigenvalue weighted by atomic mass is 35.5. The summed E-state index contributed by atoms with van der Waals surface area (Å²) in [6.45, 7) is 1.79. The summed E-state index contributed by atoms with van der Waals surface area (Å²) in [6.07, 6.45) is 3.04. The molecule has 0 aromatic heterocycles. The van der Waals surface area contributed by atoms with Crippen LogP contribution >= 0.6 is 11.6 Å². The van der Waals surface area contributed by atoms with Gasteiger partial charge in [-0.3, -0.25) is 5.32 Å². The molecule has 2 N–H and O–H groups in total. The number of halogens is 1. The van der Waals surface area contributed by atoms with Crippen LogP contribution in [0.4, 0.5) is 0 Å². The van der Waals surface area contributed by atoms with Gasteiger partial charge in [-0.2, -0.15) is 0 Å². The minimum absolute atomic E-state index is 0.272. The van der Waals surface area contributed by atoms with E-state index in [0.717, 1.165) is 24.8 Å². The number of aryl methyl sites for hydroxylation is 1. The van der Waals surface area contributed by atoms with Crippen LogP contribution in [-0.2, 0) is 18.6 Å². The van der Waals surface area contributed by atoms with Gasteiger partial charge in [0, 0.05) is 11.1 Å². The largest absolute Gasteiger partial charge is 0.372 e. The van der Waals surface area contributed by atoms with Crippen LogP contribution < -0.4 is 5.32 Å². The third kappa shape index (κ3) is 3.29. The normalized spacial score (nSPS) is 20.6. The Labute approximate surface area is 130 Å². The molecule has 0 fully saturated rings. The molecule has 2 atom stereocenters. The number of aliphatic hydroxyl groups is 1. The standard InChI is InChI=1S/C18H20ClNO/c1-18(21,15-7-4-8-16(19)12-15)20-17-10-9-13-5-2-3-6-14(13)11-17/h2-8,12,17,20-21H,9-11H2,1H3/t17-,18-/m0/s1. The van der Waals surface area contributed by atoms with Crippen LogP contribution in [0.3, 0.4) is 0 Å². The van der Waals surface area contributed by atoms with E-state index in [9.17, 15) is 5.11 Å². The monoisotopic (exact) mass is 301 g/mol. The highest BCUT2D eigenvalue weighted by Crippen LogP contribution is 2.26. The number of hydrogen-bond donors (Lipinski definition) is 2. The lowest BCUT2D eigenvalue weighted by molar-refractivity contribution is 0.00584. The van der Waals surface area contributed by atoms with Gasteiger partial charge in [0.2, 0.25) is 0 Å². The van der Waals surface area contributed by atoms with E-state index in [1.807, 2.05) is 24.3 Å². The van der Waals surface area contributed by atoms with Gasteiger partial charge in [0.15, 0.2) is 0 Å². The number of benzene rings is 2. The second kappa shape index (κ2) is 5.80. The average molecular weight is 302 g/mol. The van der Waals surface area contributed by atoms with E-state index in [-0.39, 0.29) is 6.04 Å². The maximum atomic E-state index is 10.7. The molecule has 0 heterocycles. The molecule has 1 aliphatic carbocycles. The predicted molar refractivity (Wildman–Crippen MR) is 86.4 cm³/mol. The first-order valence-electron chi connectivity index (χ1n) is 7.37. The summed E-state index contributed by atoms with van der Waals surface area (Å²) in [4.78, 5) is 0. The van der Waals surface area contributed by atoms with E-state index in [0.29, 0.717) is 5.02 Å². The maximum absolute atomic E-state index is 10.7. The summed E-state index contributed by atoms with van der Waals surface area (Å²) in [6, 6.07) is 16.2. The van der Waals surface area contributed by atoms with E-state index in [1.54, 1.807) is 6.92 Å². The lowest BCUT2D eigenvalue weighted by Gasteiger charge is -2.34. The van der Waals surface area contributed by atoms with Gasteiger partial charge in [-0.15, -0.1) is 0 Å². The molecule has 110 valence electrons. The van der Waals surface area contributed by atoms with Crippen molar-refractivity contribution in [1.82, 2.24) is 5.32 Å². The van der Waals surface area contributed by atoms with Crippen molar-refractivity contribution < 1.29 is 5.11 Å². The van der Waals surface area contributed by atoms with Crippen molar-refractivity contribution in [2.45, 2.75) is 38.0 Å². The number of rotatable bonds is 3. The van der Waals surface area contributed by atoms with Crippen molar-refractivity contribution in [3.8, 4) is 0 Å². The van der Waals surface area contributed by atoms with E-state index in [4.69, 9.17) is 11.6 Å². The molecule has 2 aromatic carbocycles. The SMILES string of the molecule is C[C@@](O)(N[C@H]1CCc2ccccc2C1)c1cccc(Cl)c1. The molecule has 0 saturated heterocycles. The van der Waals surface area contributed by atoms with Gasteiger partial charge in [-0.05, 0) is 55.0 Å². The van der Waals surface area contributed by atoms with Crippen LogP contribution in [0.25, 0.3) is 0 Å². The summed E-state index contributed by atoms with van der Waals surface area (Å²) in [5, 5.41) is 14.8. The highest BCUT2D eigenvalue weighted by Gasteiger charge is 2.28. The van der Waals surface area contributed by atoms with Crippen molar-refractivity contribution in [1.29, 1.82) is 0 Å². The van der Waals surface area contributed by atoms with Gasteiger partial charge in [0.25, 0.3) is 0 Å². The summed E-state index contributed by atoms with van der Waals surface area (Å²) in [7, 11) is 0. The fraction of sp³-hybridized carbons (Fsp3) is 0.333. The van der Waals surface area contributed by atoms with E-state index >= 15 is 0 Å². The Hall–Kier alpha value is -1.35. The molecular weight excluding hydrogens is 282 g/mol. The molecule has 3 rings (SSSR count). The number of hydrogen-bond acceptors (Lipinski definition) is 2. The maximum Gasteiger partial charge on any atom is 0.139 e. The van der Waals surface area contributed by atoms with Crippen molar-refractivity contribution in [2.75, 3.05) is 0 Å². The average Bonchev–Trinajstić information content (AvgIpc) is 2.47. The molecule has 2 nitrogen and oxygen atoms in total. The predicted octanol–water partition coefficient (Wildman–Crippen LogP) is 3.65. The second-order valence-electron chi connectivity index (χ2n) is 5.94. The minimum Gasteiger partial charge on any atom is -0.372 e. The lowest BCUT2D eigenvalue weighted by Crippen LogP contribution is -2.48. The molecule has 1 aliphatic rings.